The molecule has 3 heteroatoms. The first kappa shape index (κ1) is 21.4. The van der Waals surface area contributed by atoms with Gasteiger partial charge in [0.2, 0.25) is 0 Å². The molecule has 0 radical (unpaired) electrons. The molecule has 8 aromatic carbocycles. The molecule has 2 heterocycles. The molecule has 1 aromatic heterocycles. The van der Waals surface area contributed by atoms with Crippen LogP contribution in [-0.4, -0.2) is 9.97 Å². The van der Waals surface area contributed by atoms with Crippen LogP contribution in [0.5, 0.6) is 0 Å². The number of hydrogen-bond donors (Lipinski definition) is 0. The summed E-state index contributed by atoms with van der Waals surface area (Å²) in [7, 11) is 0. The molecule has 0 bridgehead atoms. The number of nitrogens with zero attached hydrogens (tertiary/aromatic N) is 3. The topological polar surface area (TPSA) is 29.0 Å². The minimum atomic E-state index is -0.449. The maximum absolute atomic E-state index is 8.87. The van der Waals surface area contributed by atoms with Gasteiger partial charge in [-0.15, -0.1) is 0 Å². The quantitative estimate of drug-likeness (QED) is 0.201. The second-order valence-corrected chi connectivity index (χ2v) is 11.8. The Labute approximate surface area is 279 Å². The maximum atomic E-state index is 8.87. The fourth-order valence-corrected chi connectivity index (χ4v) is 7.17. The third kappa shape index (κ3) is 3.93. The molecule has 0 N–H and O–H groups in total. The highest BCUT2D eigenvalue weighted by Gasteiger charge is 2.28. The van der Waals surface area contributed by atoms with Crippen molar-refractivity contribution in [3.8, 4) is 33.6 Å². The highest BCUT2D eigenvalue weighted by atomic mass is 15.2. The van der Waals surface area contributed by atoms with Gasteiger partial charge in [0.05, 0.1) is 40.6 Å². The van der Waals surface area contributed by atoms with E-state index in [2.05, 4.69) is 102 Å². The van der Waals surface area contributed by atoms with Crippen molar-refractivity contribution < 1.29 is 6.85 Å². The van der Waals surface area contributed by atoms with E-state index in [-0.39, 0.29) is 23.3 Å². The van der Waals surface area contributed by atoms with Gasteiger partial charge in [0.15, 0.2) is 0 Å². The van der Waals surface area contributed by atoms with Gasteiger partial charge in [-0.2, -0.15) is 0 Å². The standard InChI is InChI=1S/C44H27N3/c1-2-12-31(13-3-1)42-43(46-39-21-7-6-20-38(39)45-42)35-19-8-14-29-23-25-32(27-37(29)35)47-40-22-10-16-30-15-9-18-34(41(30)40)36-26-24-28-11-4-5-17-33(28)44(36)47/h1-27H/i1D,2D,3D,12D,13D. The number of aromatic nitrogens is 2. The van der Waals surface area contributed by atoms with E-state index in [0.717, 1.165) is 55.1 Å². The lowest BCUT2D eigenvalue weighted by molar-refractivity contribution is 1.29. The molecule has 0 spiro atoms. The van der Waals surface area contributed by atoms with Crippen LogP contribution in [0.4, 0.5) is 17.1 Å². The Kier molecular flexibility index (Phi) is 4.60. The molecule has 1 aliphatic rings. The fourth-order valence-electron chi connectivity index (χ4n) is 7.17. The van der Waals surface area contributed by atoms with Crippen molar-refractivity contribution in [2.45, 2.75) is 0 Å². The number of fused-ring (bicyclic) bond motifs is 6. The predicted molar refractivity (Wildman–Crippen MR) is 197 cm³/mol. The molecule has 0 saturated heterocycles. The third-order valence-corrected chi connectivity index (χ3v) is 9.22. The second-order valence-electron chi connectivity index (χ2n) is 11.8. The smallest absolute Gasteiger partial charge is 0.0979 e. The number of hydrogen-bond acceptors (Lipinski definition) is 3. The van der Waals surface area contributed by atoms with Crippen LogP contribution in [0, 0.1) is 0 Å². The molecular weight excluding hydrogens is 571 g/mol. The molecular formula is C44H27N3. The molecule has 3 nitrogen and oxygen atoms in total. The molecule has 0 atom stereocenters. The van der Waals surface area contributed by atoms with Crippen LogP contribution in [0.25, 0.3) is 77.0 Å². The van der Waals surface area contributed by atoms with Crippen LogP contribution >= 0.6 is 0 Å². The zero-order valence-corrected chi connectivity index (χ0v) is 25.0. The van der Waals surface area contributed by atoms with Crippen molar-refractivity contribution >= 4 is 60.4 Å². The van der Waals surface area contributed by atoms with Crippen LogP contribution in [0.1, 0.15) is 6.85 Å². The third-order valence-electron chi connectivity index (χ3n) is 9.22. The largest absolute Gasteiger partial charge is 0.309 e. The predicted octanol–water partition coefficient (Wildman–Crippen LogP) is 11.9. The van der Waals surface area contributed by atoms with Crippen molar-refractivity contribution in [3.05, 3.63) is 164 Å². The van der Waals surface area contributed by atoms with E-state index in [9.17, 15) is 0 Å². The van der Waals surface area contributed by atoms with Gasteiger partial charge in [-0.1, -0.05) is 133 Å². The van der Waals surface area contributed by atoms with E-state index in [1.54, 1.807) is 0 Å². The molecule has 0 saturated carbocycles. The van der Waals surface area contributed by atoms with Crippen LogP contribution in [0.2, 0.25) is 0 Å². The van der Waals surface area contributed by atoms with Gasteiger partial charge in [0.1, 0.15) is 0 Å². The zero-order chi connectivity index (χ0) is 35.2. The second kappa shape index (κ2) is 10.1. The Morgan fingerprint density at radius 1 is 0.489 bits per heavy atom. The molecule has 0 fully saturated rings. The summed E-state index contributed by atoms with van der Waals surface area (Å²) in [5.74, 6) is 0. The lowest BCUT2D eigenvalue weighted by atomic mass is 9.88. The summed E-state index contributed by atoms with van der Waals surface area (Å²) in [6.07, 6.45) is 0. The minimum absolute atomic E-state index is 0.0205. The first-order valence-electron chi connectivity index (χ1n) is 18.1. The number of para-hydroxylation sites is 2. The molecule has 0 amide bonds. The van der Waals surface area contributed by atoms with E-state index in [0.29, 0.717) is 16.7 Å². The van der Waals surface area contributed by atoms with Crippen molar-refractivity contribution in [2.24, 2.45) is 0 Å². The van der Waals surface area contributed by atoms with Crippen LogP contribution in [-0.2, 0) is 0 Å². The molecule has 1 aliphatic heterocycles. The average molecular weight is 603 g/mol. The van der Waals surface area contributed by atoms with Crippen LogP contribution < -0.4 is 4.90 Å². The van der Waals surface area contributed by atoms with Gasteiger partial charge in [-0.05, 0) is 57.4 Å². The van der Waals surface area contributed by atoms with E-state index >= 15 is 0 Å². The van der Waals surface area contributed by atoms with Gasteiger partial charge in [0, 0.05) is 33.2 Å². The van der Waals surface area contributed by atoms with E-state index in [1.165, 1.54) is 10.9 Å². The molecule has 0 unspecified atom stereocenters. The number of rotatable bonds is 3. The molecule has 218 valence electrons. The Morgan fingerprint density at radius 3 is 2.00 bits per heavy atom. The highest BCUT2D eigenvalue weighted by molar-refractivity contribution is 6.19. The van der Waals surface area contributed by atoms with Crippen molar-refractivity contribution in [2.75, 3.05) is 4.90 Å². The van der Waals surface area contributed by atoms with Crippen molar-refractivity contribution in [3.63, 3.8) is 0 Å². The monoisotopic (exact) mass is 602 g/mol. The summed E-state index contributed by atoms with van der Waals surface area (Å²) in [6.45, 7) is 0. The molecule has 10 rings (SSSR count). The zero-order valence-electron chi connectivity index (χ0n) is 30.0. The Balaban J connectivity index is 1.28. The summed E-state index contributed by atoms with van der Waals surface area (Å²) in [5.41, 5.74) is 8.14. The Bertz CT molecular complexity index is 2960. The van der Waals surface area contributed by atoms with E-state index < -0.39 is 18.1 Å². The van der Waals surface area contributed by atoms with Gasteiger partial charge >= 0.3 is 0 Å². The first-order chi connectivity index (χ1) is 25.4. The lowest BCUT2D eigenvalue weighted by Gasteiger charge is -2.34. The highest BCUT2D eigenvalue weighted by Crippen LogP contribution is 2.53. The maximum Gasteiger partial charge on any atom is 0.0979 e. The summed E-state index contributed by atoms with van der Waals surface area (Å²) in [4.78, 5) is 12.4. The van der Waals surface area contributed by atoms with Gasteiger partial charge in [-0.25, -0.2) is 9.97 Å². The minimum Gasteiger partial charge on any atom is -0.309 e. The summed E-state index contributed by atoms with van der Waals surface area (Å²) < 4.78 is 42.9. The van der Waals surface area contributed by atoms with E-state index in [1.807, 2.05) is 36.4 Å². The normalized spacial score (nSPS) is 13.7. The van der Waals surface area contributed by atoms with Gasteiger partial charge in [-0.3, -0.25) is 0 Å². The SMILES string of the molecule is [2H]c1c([2H])c([2H])c(-c2nc3ccccc3nc2-c2cccc3ccc(N4c5c(ccc6ccccc56)-c5cccc6cccc4c56)cc23)c([2H])c1[2H]. The summed E-state index contributed by atoms with van der Waals surface area (Å²) >= 11 is 0. The Morgan fingerprint density at radius 2 is 1.15 bits per heavy atom. The van der Waals surface area contributed by atoms with Crippen LogP contribution in [0.15, 0.2) is 164 Å². The average Bonchev–Trinajstić information content (AvgIpc) is 3.19. The van der Waals surface area contributed by atoms with Crippen molar-refractivity contribution in [1.29, 1.82) is 0 Å². The number of anilines is 3. The molecule has 0 aliphatic carbocycles. The van der Waals surface area contributed by atoms with Crippen LogP contribution in [0.3, 0.4) is 0 Å². The number of benzene rings is 8. The van der Waals surface area contributed by atoms with Gasteiger partial charge in [0.25, 0.3) is 0 Å². The fraction of sp³-hybridized carbons (Fsp3) is 0. The van der Waals surface area contributed by atoms with E-state index in [4.69, 9.17) is 16.8 Å². The van der Waals surface area contributed by atoms with Crippen molar-refractivity contribution in [1.82, 2.24) is 9.97 Å². The summed E-state index contributed by atoms with van der Waals surface area (Å²) in [5, 5.41) is 6.50. The first-order valence-corrected chi connectivity index (χ1v) is 15.6. The van der Waals surface area contributed by atoms with Gasteiger partial charge < -0.3 is 4.90 Å². The lowest BCUT2D eigenvalue weighted by Crippen LogP contribution is -2.15. The molecule has 47 heavy (non-hydrogen) atoms. The summed E-state index contributed by atoms with van der Waals surface area (Å²) in [6, 6.07) is 43.7. The Hall–Kier alpha value is -6.32. The molecule has 9 aromatic rings.